The van der Waals surface area contributed by atoms with Gasteiger partial charge in [-0.3, -0.25) is 0 Å². The van der Waals surface area contributed by atoms with Crippen LogP contribution in [-0.2, 0) is 6.42 Å². The van der Waals surface area contributed by atoms with Crippen LogP contribution in [0.5, 0.6) is 5.75 Å². The molecule has 3 N–H and O–H groups in total. The summed E-state index contributed by atoms with van der Waals surface area (Å²) in [6, 6.07) is 5.88. The predicted molar refractivity (Wildman–Crippen MR) is 57.3 cm³/mol. The standard InChI is InChI=1S/C12H17NO/c1-9-2-3-10(8-11(9)14)4-5-12(13)6-7-12/h2-3,8,14H,4-7,13H2,1H3. The van der Waals surface area contributed by atoms with E-state index in [9.17, 15) is 5.11 Å². The van der Waals surface area contributed by atoms with Crippen molar-refractivity contribution in [3.8, 4) is 5.75 Å². The second-order valence-electron chi connectivity index (χ2n) is 4.48. The predicted octanol–water partition coefficient (Wildman–Crippen LogP) is 2.12. The highest BCUT2D eigenvalue weighted by Crippen LogP contribution is 2.36. The van der Waals surface area contributed by atoms with Gasteiger partial charge in [-0.2, -0.15) is 0 Å². The SMILES string of the molecule is Cc1ccc(CCC2(N)CC2)cc1O. The molecule has 0 aliphatic heterocycles. The lowest BCUT2D eigenvalue weighted by molar-refractivity contribution is 0.470. The van der Waals surface area contributed by atoms with Crippen LogP contribution in [0.25, 0.3) is 0 Å². The number of benzene rings is 1. The summed E-state index contributed by atoms with van der Waals surface area (Å²) in [6.07, 6.45) is 4.33. The third-order valence-electron chi connectivity index (χ3n) is 3.08. The molecule has 0 atom stereocenters. The summed E-state index contributed by atoms with van der Waals surface area (Å²) in [5.41, 5.74) is 8.23. The molecule has 1 aromatic rings. The van der Waals surface area contributed by atoms with Gasteiger partial charge < -0.3 is 10.8 Å². The Morgan fingerprint density at radius 2 is 2.14 bits per heavy atom. The molecule has 14 heavy (non-hydrogen) atoms. The van der Waals surface area contributed by atoms with Crippen molar-refractivity contribution in [1.29, 1.82) is 0 Å². The molecule has 0 spiro atoms. The molecule has 0 radical (unpaired) electrons. The summed E-state index contributed by atoms with van der Waals surface area (Å²) >= 11 is 0. The van der Waals surface area contributed by atoms with E-state index in [2.05, 4.69) is 6.07 Å². The molecule has 0 aromatic heterocycles. The third kappa shape index (κ3) is 2.07. The maximum atomic E-state index is 9.51. The van der Waals surface area contributed by atoms with E-state index in [1.807, 2.05) is 19.1 Å². The van der Waals surface area contributed by atoms with Crippen LogP contribution in [0.15, 0.2) is 18.2 Å². The van der Waals surface area contributed by atoms with Crippen molar-refractivity contribution in [2.24, 2.45) is 5.73 Å². The van der Waals surface area contributed by atoms with Gasteiger partial charge in [0.15, 0.2) is 0 Å². The lowest BCUT2D eigenvalue weighted by atomic mass is 10.0. The van der Waals surface area contributed by atoms with Gasteiger partial charge in [0.2, 0.25) is 0 Å². The minimum Gasteiger partial charge on any atom is -0.508 e. The Morgan fingerprint density at radius 1 is 1.43 bits per heavy atom. The van der Waals surface area contributed by atoms with E-state index in [4.69, 9.17) is 5.73 Å². The Labute approximate surface area is 84.7 Å². The molecule has 1 fully saturated rings. The lowest BCUT2D eigenvalue weighted by Gasteiger charge is -2.08. The topological polar surface area (TPSA) is 46.2 Å². The van der Waals surface area contributed by atoms with Crippen molar-refractivity contribution >= 4 is 0 Å². The smallest absolute Gasteiger partial charge is 0.118 e. The summed E-state index contributed by atoms with van der Waals surface area (Å²) in [5, 5.41) is 9.51. The Kier molecular flexibility index (Phi) is 2.23. The van der Waals surface area contributed by atoms with E-state index in [-0.39, 0.29) is 5.54 Å². The summed E-state index contributed by atoms with van der Waals surface area (Å²) < 4.78 is 0. The molecule has 0 bridgehead atoms. The maximum Gasteiger partial charge on any atom is 0.118 e. The van der Waals surface area contributed by atoms with Gasteiger partial charge in [-0.1, -0.05) is 12.1 Å². The number of hydrogen-bond donors (Lipinski definition) is 2. The zero-order chi connectivity index (χ0) is 10.2. The lowest BCUT2D eigenvalue weighted by Crippen LogP contribution is -2.22. The van der Waals surface area contributed by atoms with Gasteiger partial charge in [-0.05, 0) is 49.8 Å². The largest absolute Gasteiger partial charge is 0.508 e. The Balaban J connectivity index is 1.99. The zero-order valence-electron chi connectivity index (χ0n) is 8.59. The van der Waals surface area contributed by atoms with Gasteiger partial charge in [0.25, 0.3) is 0 Å². The number of aryl methyl sites for hydroxylation is 2. The fraction of sp³-hybridized carbons (Fsp3) is 0.500. The maximum absolute atomic E-state index is 9.51. The molecular formula is C12H17NO. The highest BCUT2D eigenvalue weighted by molar-refractivity contribution is 5.35. The Hall–Kier alpha value is -1.02. The number of rotatable bonds is 3. The third-order valence-corrected chi connectivity index (χ3v) is 3.08. The average Bonchev–Trinajstić information content (AvgIpc) is 2.87. The summed E-state index contributed by atoms with van der Waals surface area (Å²) in [5.74, 6) is 0.393. The Bertz CT molecular complexity index is 342. The summed E-state index contributed by atoms with van der Waals surface area (Å²) in [7, 11) is 0. The van der Waals surface area contributed by atoms with E-state index in [1.165, 1.54) is 5.56 Å². The monoisotopic (exact) mass is 191 g/mol. The van der Waals surface area contributed by atoms with Gasteiger partial charge >= 0.3 is 0 Å². The van der Waals surface area contributed by atoms with Crippen LogP contribution >= 0.6 is 0 Å². The van der Waals surface area contributed by atoms with Crippen LogP contribution in [-0.4, -0.2) is 10.6 Å². The molecule has 1 aliphatic rings. The highest BCUT2D eigenvalue weighted by atomic mass is 16.3. The van der Waals surface area contributed by atoms with Crippen molar-refractivity contribution in [2.45, 2.75) is 38.1 Å². The number of phenolic OH excluding ortho intramolecular Hbond substituents is 1. The fourth-order valence-corrected chi connectivity index (χ4v) is 1.61. The molecule has 2 heteroatoms. The van der Waals surface area contributed by atoms with Crippen LogP contribution in [0.3, 0.4) is 0 Å². The number of nitrogens with two attached hydrogens (primary N) is 1. The van der Waals surface area contributed by atoms with Gasteiger partial charge in [0, 0.05) is 5.54 Å². The molecule has 76 valence electrons. The molecule has 0 unspecified atom stereocenters. The second kappa shape index (κ2) is 3.28. The highest BCUT2D eigenvalue weighted by Gasteiger charge is 2.37. The molecule has 1 saturated carbocycles. The van der Waals surface area contributed by atoms with Crippen LogP contribution in [0.4, 0.5) is 0 Å². The van der Waals surface area contributed by atoms with Gasteiger partial charge in [-0.25, -0.2) is 0 Å². The van der Waals surface area contributed by atoms with Crippen molar-refractivity contribution in [3.63, 3.8) is 0 Å². The van der Waals surface area contributed by atoms with E-state index < -0.39 is 0 Å². The number of phenols is 1. The van der Waals surface area contributed by atoms with Crippen molar-refractivity contribution in [3.05, 3.63) is 29.3 Å². The van der Waals surface area contributed by atoms with E-state index in [1.54, 1.807) is 0 Å². The molecule has 2 rings (SSSR count). The van der Waals surface area contributed by atoms with Crippen LogP contribution in [0.1, 0.15) is 30.4 Å². The molecule has 0 saturated heterocycles. The first-order valence-corrected chi connectivity index (χ1v) is 5.16. The van der Waals surface area contributed by atoms with E-state index >= 15 is 0 Å². The van der Waals surface area contributed by atoms with Gasteiger partial charge in [0.1, 0.15) is 5.75 Å². The minimum absolute atomic E-state index is 0.112. The van der Waals surface area contributed by atoms with Crippen molar-refractivity contribution in [1.82, 2.24) is 0 Å². The second-order valence-corrected chi connectivity index (χ2v) is 4.48. The number of aromatic hydroxyl groups is 1. The molecule has 0 amide bonds. The van der Waals surface area contributed by atoms with Gasteiger partial charge in [0.05, 0.1) is 0 Å². The first-order chi connectivity index (χ1) is 6.59. The number of hydrogen-bond acceptors (Lipinski definition) is 2. The van der Waals surface area contributed by atoms with Crippen LogP contribution in [0.2, 0.25) is 0 Å². The van der Waals surface area contributed by atoms with Crippen LogP contribution in [0, 0.1) is 6.92 Å². The Morgan fingerprint density at radius 3 is 2.71 bits per heavy atom. The first-order valence-electron chi connectivity index (χ1n) is 5.16. The van der Waals surface area contributed by atoms with E-state index in [0.29, 0.717) is 5.75 Å². The summed E-state index contributed by atoms with van der Waals surface area (Å²) in [4.78, 5) is 0. The fourth-order valence-electron chi connectivity index (χ4n) is 1.61. The zero-order valence-corrected chi connectivity index (χ0v) is 8.59. The van der Waals surface area contributed by atoms with Crippen molar-refractivity contribution in [2.75, 3.05) is 0 Å². The molecular weight excluding hydrogens is 174 g/mol. The van der Waals surface area contributed by atoms with Gasteiger partial charge in [-0.15, -0.1) is 0 Å². The van der Waals surface area contributed by atoms with Crippen molar-refractivity contribution < 1.29 is 5.11 Å². The molecule has 0 heterocycles. The summed E-state index contributed by atoms with van der Waals surface area (Å²) in [6.45, 7) is 1.91. The van der Waals surface area contributed by atoms with E-state index in [0.717, 1.165) is 31.2 Å². The minimum atomic E-state index is 0.112. The molecule has 1 aromatic carbocycles. The average molecular weight is 191 g/mol. The van der Waals surface area contributed by atoms with Crippen LogP contribution < -0.4 is 5.73 Å². The molecule has 2 nitrogen and oxygen atoms in total. The molecule has 1 aliphatic carbocycles. The normalized spacial score (nSPS) is 18.1. The first kappa shape index (κ1) is 9.53. The quantitative estimate of drug-likeness (QED) is 0.768.